The summed E-state index contributed by atoms with van der Waals surface area (Å²) in [6, 6.07) is 8.07. The Bertz CT molecular complexity index is 956. The fourth-order valence-electron chi connectivity index (χ4n) is 3.25. The van der Waals surface area contributed by atoms with Gasteiger partial charge < -0.3 is 4.90 Å². The number of halogens is 1. The molecule has 0 aliphatic rings. The number of aromatic nitrogens is 3. The van der Waals surface area contributed by atoms with Gasteiger partial charge in [-0.1, -0.05) is 43.1 Å². The Labute approximate surface area is 165 Å². The van der Waals surface area contributed by atoms with Gasteiger partial charge in [-0.25, -0.2) is 9.67 Å². The first-order valence-corrected chi connectivity index (χ1v) is 9.75. The smallest absolute Gasteiger partial charge is 0.256 e. The Morgan fingerprint density at radius 2 is 1.74 bits per heavy atom. The van der Waals surface area contributed by atoms with Crippen LogP contribution in [0.5, 0.6) is 0 Å². The molecule has 2 heterocycles. The molecule has 0 atom stereocenters. The molecule has 0 saturated carbocycles. The fourth-order valence-corrected chi connectivity index (χ4v) is 3.60. The Kier molecular flexibility index (Phi) is 5.80. The summed E-state index contributed by atoms with van der Waals surface area (Å²) >= 11 is 6.67. The molecule has 2 aromatic heterocycles. The van der Waals surface area contributed by atoms with Crippen molar-refractivity contribution in [2.45, 2.75) is 40.5 Å². The van der Waals surface area contributed by atoms with Crippen molar-refractivity contribution < 1.29 is 4.79 Å². The molecule has 0 aliphatic carbocycles. The number of hydrogen-bond donors (Lipinski definition) is 0. The molecule has 0 saturated heterocycles. The van der Waals surface area contributed by atoms with Crippen LogP contribution in [0.3, 0.4) is 0 Å². The van der Waals surface area contributed by atoms with E-state index in [0.29, 0.717) is 29.3 Å². The van der Waals surface area contributed by atoms with Gasteiger partial charge in [0.05, 0.1) is 27.4 Å². The van der Waals surface area contributed by atoms with Gasteiger partial charge in [0.15, 0.2) is 5.65 Å². The summed E-state index contributed by atoms with van der Waals surface area (Å²) in [7, 11) is 0. The maximum absolute atomic E-state index is 13.0. The minimum absolute atomic E-state index is 0.0689. The first kappa shape index (κ1) is 19.4. The summed E-state index contributed by atoms with van der Waals surface area (Å²) < 4.78 is 1.78. The van der Waals surface area contributed by atoms with Gasteiger partial charge in [0, 0.05) is 19.3 Å². The third-order valence-electron chi connectivity index (χ3n) is 4.59. The van der Waals surface area contributed by atoms with Gasteiger partial charge in [-0.2, -0.15) is 5.10 Å². The molecule has 0 aliphatic heterocycles. The highest BCUT2D eigenvalue weighted by atomic mass is 35.5. The van der Waals surface area contributed by atoms with E-state index in [4.69, 9.17) is 11.6 Å². The second kappa shape index (κ2) is 8.09. The van der Waals surface area contributed by atoms with Gasteiger partial charge in [-0.05, 0) is 38.8 Å². The zero-order valence-corrected chi connectivity index (χ0v) is 17.0. The molecule has 0 unspecified atom stereocenters. The van der Waals surface area contributed by atoms with Crippen molar-refractivity contribution in [2.75, 3.05) is 13.1 Å². The molecule has 0 radical (unpaired) electrons. The third kappa shape index (κ3) is 3.69. The number of carbonyl (C=O) groups is 1. The Balaban J connectivity index is 2.09. The monoisotopic (exact) mass is 384 g/mol. The third-order valence-corrected chi connectivity index (χ3v) is 4.98. The first-order chi connectivity index (χ1) is 13.0. The van der Waals surface area contributed by atoms with E-state index in [0.717, 1.165) is 29.6 Å². The van der Waals surface area contributed by atoms with Gasteiger partial charge in [-0.15, -0.1) is 0 Å². The molecule has 5 nitrogen and oxygen atoms in total. The van der Waals surface area contributed by atoms with Gasteiger partial charge in [0.25, 0.3) is 5.91 Å². The number of amides is 1. The number of benzene rings is 1. The first-order valence-electron chi connectivity index (χ1n) is 9.38. The Morgan fingerprint density at radius 1 is 1.11 bits per heavy atom. The summed E-state index contributed by atoms with van der Waals surface area (Å²) in [4.78, 5) is 19.4. The molecule has 1 aromatic carbocycles. The van der Waals surface area contributed by atoms with E-state index in [1.54, 1.807) is 10.9 Å². The number of aryl methyl sites for hydroxylation is 2. The summed E-state index contributed by atoms with van der Waals surface area (Å²) in [5.41, 5.74) is 3.96. The van der Waals surface area contributed by atoms with Crippen LogP contribution in [0.25, 0.3) is 16.7 Å². The number of carbonyl (C=O) groups excluding carboxylic acids is 1. The highest BCUT2D eigenvalue weighted by Crippen LogP contribution is 2.30. The second-order valence-corrected chi connectivity index (χ2v) is 7.19. The van der Waals surface area contributed by atoms with E-state index in [1.807, 2.05) is 43.0 Å². The lowest BCUT2D eigenvalue weighted by molar-refractivity contribution is 0.0755. The van der Waals surface area contributed by atoms with Gasteiger partial charge >= 0.3 is 0 Å². The standard InChI is InChI=1S/C21H25ClN4O/c1-5-11-25(12-6-2)21(27)17-13-23-20-18(19(17)22)15(4)24-26(20)16-9-7-14(3)8-10-16/h7-10,13H,5-6,11-12H2,1-4H3. The molecular weight excluding hydrogens is 360 g/mol. The predicted octanol–water partition coefficient (Wildman–Crippen LogP) is 4.95. The van der Waals surface area contributed by atoms with Crippen LogP contribution in [0.1, 0.15) is 48.3 Å². The zero-order chi connectivity index (χ0) is 19.6. The van der Waals surface area contributed by atoms with Crippen molar-refractivity contribution in [3.8, 4) is 5.69 Å². The lowest BCUT2D eigenvalue weighted by Crippen LogP contribution is -2.32. The van der Waals surface area contributed by atoms with E-state index in [1.165, 1.54) is 5.56 Å². The molecular formula is C21H25ClN4O. The second-order valence-electron chi connectivity index (χ2n) is 6.81. The van der Waals surface area contributed by atoms with Crippen molar-refractivity contribution in [3.05, 3.63) is 52.3 Å². The summed E-state index contributed by atoms with van der Waals surface area (Å²) in [6.07, 6.45) is 3.39. The van der Waals surface area contributed by atoms with E-state index in [-0.39, 0.29) is 5.91 Å². The maximum Gasteiger partial charge on any atom is 0.256 e. The molecule has 1 amide bonds. The van der Waals surface area contributed by atoms with Crippen LogP contribution in [0.2, 0.25) is 5.02 Å². The maximum atomic E-state index is 13.0. The van der Waals surface area contributed by atoms with Crippen LogP contribution in [-0.4, -0.2) is 38.7 Å². The van der Waals surface area contributed by atoms with Crippen molar-refractivity contribution >= 4 is 28.5 Å². The summed E-state index contributed by atoms with van der Waals surface area (Å²) in [6.45, 7) is 9.49. The Hall–Kier alpha value is -2.40. The van der Waals surface area contributed by atoms with Gasteiger partial charge in [-0.3, -0.25) is 4.79 Å². The summed E-state index contributed by atoms with van der Waals surface area (Å²) in [5, 5.41) is 5.77. The van der Waals surface area contributed by atoms with Crippen LogP contribution >= 0.6 is 11.6 Å². The number of hydrogen-bond acceptors (Lipinski definition) is 3. The van der Waals surface area contributed by atoms with E-state index >= 15 is 0 Å². The van der Waals surface area contributed by atoms with Gasteiger partial charge in [0.2, 0.25) is 0 Å². The van der Waals surface area contributed by atoms with Crippen LogP contribution in [0.4, 0.5) is 0 Å². The van der Waals surface area contributed by atoms with Crippen LogP contribution in [0.15, 0.2) is 30.5 Å². The highest BCUT2D eigenvalue weighted by molar-refractivity contribution is 6.38. The minimum atomic E-state index is -0.0689. The van der Waals surface area contributed by atoms with Crippen LogP contribution in [-0.2, 0) is 0 Å². The topological polar surface area (TPSA) is 51.0 Å². The molecule has 0 N–H and O–H groups in total. The number of nitrogens with zero attached hydrogens (tertiary/aromatic N) is 4. The average Bonchev–Trinajstić information content (AvgIpc) is 2.99. The van der Waals surface area contributed by atoms with Crippen LogP contribution < -0.4 is 0 Å². The average molecular weight is 385 g/mol. The number of pyridine rings is 1. The van der Waals surface area contributed by atoms with Crippen molar-refractivity contribution in [2.24, 2.45) is 0 Å². The predicted molar refractivity (Wildman–Crippen MR) is 110 cm³/mol. The highest BCUT2D eigenvalue weighted by Gasteiger charge is 2.23. The largest absolute Gasteiger partial charge is 0.339 e. The molecule has 0 bridgehead atoms. The number of fused-ring (bicyclic) bond motifs is 1. The normalized spacial score (nSPS) is 11.1. The Morgan fingerprint density at radius 3 is 2.33 bits per heavy atom. The molecule has 6 heteroatoms. The lowest BCUT2D eigenvalue weighted by Gasteiger charge is -2.22. The van der Waals surface area contributed by atoms with E-state index in [9.17, 15) is 4.79 Å². The van der Waals surface area contributed by atoms with E-state index in [2.05, 4.69) is 23.9 Å². The number of rotatable bonds is 6. The van der Waals surface area contributed by atoms with Crippen LogP contribution in [0, 0.1) is 13.8 Å². The SMILES string of the molecule is CCCN(CCC)C(=O)c1cnc2c(c(C)nn2-c2ccc(C)cc2)c1Cl. The van der Waals surface area contributed by atoms with Gasteiger partial charge in [0.1, 0.15) is 0 Å². The van der Waals surface area contributed by atoms with Crippen molar-refractivity contribution in [3.63, 3.8) is 0 Å². The zero-order valence-electron chi connectivity index (χ0n) is 16.3. The molecule has 27 heavy (non-hydrogen) atoms. The molecule has 0 spiro atoms. The van der Waals surface area contributed by atoms with Crippen molar-refractivity contribution in [1.29, 1.82) is 0 Å². The molecule has 0 fully saturated rings. The fraction of sp³-hybridized carbons (Fsp3) is 0.381. The minimum Gasteiger partial charge on any atom is -0.339 e. The van der Waals surface area contributed by atoms with E-state index < -0.39 is 0 Å². The molecule has 3 rings (SSSR count). The summed E-state index contributed by atoms with van der Waals surface area (Å²) in [5.74, 6) is -0.0689. The molecule has 3 aromatic rings. The lowest BCUT2D eigenvalue weighted by atomic mass is 10.1. The quantitative estimate of drug-likeness (QED) is 0.604. The molecule has 142 valence electrons. The van der Waals surface area contributed by atoms with Crippen molar-refractivity contribution in [1.82, 2.24) is 19.7 Å².